The van der Waals surface area contributed by atoms with Crippen LogP contribution in [-0.2, 0) is 12.7 Å². The van der Waals surface area contributed by atoms with Gasteiger partial charge in [0.05, 0.1) is 11.3 Å². The van der Waals surface area contributed by atoms with Gasteiger partial charge in [-0.25, -0.2) is 19.9 Å². The molecule has 12 heteroatoms. The highest BCUT2D eigenvalue weighted by Gasteiger charge is 2.35. The number of halogens is 3. The summed E-state index contributed by atoms with van der Waals surface area (Å²) in [7, 11) is 1.85. The molecule has 1 amide bonds. The molecule has 4 aromatic rings. The van der Waals surface area contributed by atoms with Crippen molar-refractivity contribution in [3.05, 3.63) is 89.6 Å². The highest BCUT2D eigenvalue weighted by Crippen LogP contribution is 2.34. The lowest BCUT2D eigenvalue weighted by Gasteiger charge is -2.20. The molecule has 1 unspecified atom stereocenters. The van der Waals surface area contributed by atoms with E-state index in [4.69, 9.17) is 0 Å². The fourth-order valence-electron chi connectivity index (χ4n) is 4.74. The summed E-state index contributed by atoms with van der Waals surface area (Å²) in [6.45, 7) is 3.43. The predicted octanol–water partition coefficient (Wildman–Crippen LogP) is 5.05. The van der Waals surface area contributed by atoms with E-state index in [1.165, 1.54) is 18.5 Å². The number of anilines is 3. The third kappa shape index (κ3) is 6.84. The molecule has 0 aliphatic carbocycles. The van der Waals surface area contributed by atoms with Gasteiger partial charge in [-0.05, 0) is 61.9 Å². The molecule has 1 saturated heterocycles. The first-order valence-electron chi connectivity index (χ1n) is 13.1. The van der Waals surface area contributed by atoms with E-state index >= 15 is 0 Å². The number of carbonyl (C=O) groups excluding carboxylic acids is 1. The Kier molecular flexibility index (Phi) is 8.22. The molecule has 2 aromatic carbocycles. The summed E-state index contributed by atoms with van der Waals surface area (Å²) in [5.41, 5.74) is 2.51. The van der Waals surface area contributed by atoms with E-state index in [0.29, 0.717) is 36.1 Å². The lowest BCUT2D eigenvalue weighted by atomic mass is 10.0. The number of nitrogens with one attached hydrogen (secondary N) is 3. The van der Waals surface area contributed by atoms with Crippen molar-refractivity contribution in [1.82, 2.24) is 30.2 Å². The van der Waals surface area contributed by atoms with Crippen LogP contribution in [0.4, 0.5) is 30.5 Å². The maximum Gasteiger partial charge on any atom is 0.416 e. The summed E-state index contributed by atoms with van der Waals surface area (Å²) in [5.74, 6) is -0.321. The van der Waals surface area contributed by atoms with Gasteiger partial charge in [-0.3, -0.25) is 9.69 Å². The molecule has 0 radical (unpaired) electrons. The third-order valence-electron chi connectivity index (χ3n) is 7.01. The quantitative estimate of drug-likeness (QED) is 0.274. The Morgan fingerprint density at radius 1 is 1.10 bits per heavy atom. The number of amides is 1. The first kappa shape index (κ1) is 28.1. The van der Waals surface area contributed by atoms with E-state index in [9.17, 15) is 18.0 Å². The minimum absolute atomic E-state index is 0.0770. The summed E-state index contributed by atoms with van der Waals surface area (Å²) < 4.78 is 42.0. The van der Waals surface area contributed by atoms with Crippen LogP contribution in [0, 0.1) is 6.92 Å². The molecule has 1 fully saturated rings. The topological polar surface area (TPSA) is 108 Å². The van der Waals surface area contributed by atoms with Crippen molar-refractivity contribution in [2.24, 2.45) is 0 Å². The SMILES string of the molecule is CNC1CCN(Cc2ccc(C(=O)Nc3ccc(C)c(Nc4nccc(-c5cncnc5)n4)c3)cc2C(F)(F)F)C1. The average Bonchev–Trinajstić information content (AvgIpc) is 3.42. The number of aromatic nitrogens is 4. The van der Waals surface area contributed by atoms with E-state index in [1.807, 2.05) is 18.9 Å². The number of hydrogen-bond donors (Lipinski definition) is 3. The Labute approximate surface area is 235 Å². The molecule has 0 spiro atoms. The predicted molar refractivity (Wildman–Crippen MR) is 150 cm³/mol. The third-order valence-corrected chi connectivity index (χ3v) is 7.01. The van der Waals surface area contributed by atoms with Crippen LogP contribution >= 0.6 is 0 Å². The molecule has 3 N–H and O–H groups in total. The number of likely N-dealkylation sites (tertiary alicyclic amines) is 1. The number of alkyl halides is 3. The van der Waals surface area contributed by atoms with E-state index in [2.05, 4.69) is 35.9 Å². The van der Waals surface area contributed by atoms with Crippen molar-refractivity contribution in [2.45, 2.75) is 32.1 Å². The number of hydrogen-bond acceptors (Lipinski definition) is 8. The van der Waals surface area contributed by atoms with Gasteiger partial charge in [-0.2, -0.15) is 13.2 Å². The van der Waals surface area contributed by atoms with Gasteiger partial charge in [0.1, 0.15) is 6.33 Å². The number of rotatable bonds is 8. The van der Waals surface area contributed by atoms with Crippen molar-refractivity contribution in [1.29, 1.82) is 0 Å². The molecule has 212 valence electrons. The number of aryl methyl sites for hydroxylation is 1. The van der Waals surface area contributed by atoms with Crippen LogP contribution in [0.5, 0.6) is 0 Å². The lowest BCUT2D eigenvalue weighted by molar-refractivity contribution is -0.138. The molecular formula is C29H29F3N8O. The highest BCUT2D eigenvalue weighted by atomic mass is 19.4. The number of carbonyl (C=O) groups is 1. The molecule has 5 rings (SSSR count). The normalized spacial score (nSPS) is 15.6. The molecule has 3 heterocycles. The van der Waals surface area contributed by atoms with Gasteiger partial charge in [-0.15, -0.1) is 0 Å². The van der Waals surface area contributed by atoms with Crippen molar-refractivity contribution in [3.63, 3.8) is 0 Å². The van der Waals surface area contributed by atoms with Gasteiger partial charge < -0.3 is 16.0 Å². The number of benzene rings is 2. The average molecular weight is 563 g/mol. The van der Waals surface area contributed by atoms with Gasteiger partial charge in [0.15, 0.2) is 0 Å². The van der Waals surface area contributed by atoms with Gasteiger partial charge in [-0.1, -0.05) is 12.1 Å². The van der Waals surface area contributed by atoms with Gasteiger partial charge in [0.25, 0.3) is 5.91 Å². The van der Waals surface area contributed by atoms with E-state index in [1.54, 1.807) is 42.9 Å². The molecule has 2 aromatic heterocycles. The van der Waals surface area contributed by atoms with Crippen LogP contribution in [0.2, 0.25) is 0 Å². The molecule has 41 heavy (non-hydrogen) atoms. The maximum atomic E-state index is 14.0. The largest absolute Gasteiger partial charge is 0.416 e. The lowest BCUT2D eigenvalue weighted by Crippen LogP contribution is -2.30. The van der Waals surface area contributed by atoms with Gasteiger partial charge >= 0.3 is 6.18 Å². The minimum Gasteiger partial charge on any atom is -0.324 e. The zero-order chi connectivity index (χ0) is 29.0. The van der Waals surface area contributed by atoms with Crippen LogP contribution in [0.3, 0.4) is 0 Å². The van der Waals surface area contributed by atoms with Gasteiger partial charge in [0, 0.05) is 66.8 Å². The first-order chi connectivity index (χ1) is 19.7. The van der Waals surface area contributed by atoms with Crippen LogP contribution < -0.4 is 16.0 Å². The monoisotopic (exact) mass is 562 g/mol. The van der Waals surface area contributed by atoms with Crippen LogP contribution in [0.1, 0.15) is 33.5 Å². The molecule has 1 aliphatic rings. The summed E-state index contributed by atoms with van der Waals surface area (Å²) >= 11 is 0. The Hall–Kier alpha value is -4.42. The van der Waals surface area contributed by atoms with Crippen molar-refractivity contribution < 1.29 is 18.0 Å². The maximum absolute atomic E-state index is 14.0. The summed E-state index contributed by atoms with van der Waals surface area (Å²) in [4.78, 5) is 31.8. The minimum atomic E-state index is -4.59. The number of likely N-dealkylation sites (N-methyl/N-ethyl adjacent to an activating group) is 1. The molecule has 0 bridgehead atoms. The van der Waals surface area contributed by atoms with Crippen LogP contribution in [0.15, 0.2) is 67.4 Å². The fourth-order valence-corrected chi connectivity index (χ4v) is 4.74. The standard InChI is InChI=1S/C29H29F3N8O/c1-18-3-6-22(12-26(18)39-28-36-9-7-25(38-28)21-13-34-17-35-14-21)37-27(41)19-4-5-20(24(11-19)29(30,31)32)15-40-10-8-23(16-40)33-2/h3-7,9,11-14,17,23,33H,8,10,15-16H2,1-2H3,(H,37,41)(H,36,38,39). The van der Waals surface area contributed by atoms with Gasteiger partial charge in [0.2, 0.25) is 5.95 Å². The first-order valence-corrected chi connectivity index (χ1v) is 13.1. The second-order valence-corrected chi connectivity index (χ2v) is 9.88. The summed E-state index contributed by atoms with van der Waals surface area (Å²) in [6.07, 6.45) is 2.61. The Morgan fingerprint density at radius 3 is 2.63 bits per heavy atom. The Balaban J connectivity index is 1.32. The van der Waals surface area contributed by atoms with Crippen molar-refractivity contribution >= 4 is 23.2 Å². The zero-order valence-corrected chi connectivity index (χ0v) is 22.5. The van der Waals surface area contributed by atoms with E-state index in [0.717, 1.165) is 23.6 Å². The molecule has 9 nitrogen and oxygen atoms in total. The van der Waals surface area contributed by atoms with Crippen LogP contribution in [-0.4, -0.2) is 56.9 Å². The summed E-state index contributed by atoms with van der Waals surface area (Å²) in [5, 5.41) is 9.02. The van der Waals surface area contributed by atoms with Crippen LogP contribution in [0.25, 0.3) is 11.3 Å². The highest BCUT2D eigenvalue weighted by molar-refractivity contribution is 6.04. The smallest absolute Gasteiger partial charge is 0.324 e. The summed E-state index contributed by atoms with van der Waals surface area (Å²) in [6, 6.07) is 10.9. The second-order valence-electron chi connectivity index (χ2n) is 9.88. The van der Waals surface area contributed by atoms with E-state index in [-0.39, 0.29) is 23.7 Å². The fraction of sp³-hybridized carbons (Fsp3) is 0.276. The second kappa shape index (κ2) is 12.0. The molecule has 0 saturated carbocycles. The van der Waals surface area contributed by atoms with E-state index < -0.39 is 17.6 Å². The zero-order valence-electron chi connectivity index (χ0n) is 22.5. The molecule has 1 aliphatic heterocycles. The number of nitrogens with zero attached hydrogens (tertiary/aromatic N) is 5. The molecular weight excluding hydrogens is 533 g/mol. The van der Waals surface area contributed by atoms with Crippen molar-refractivity contribution in [2.75, 3.05) is 30.8 Å². The van der Waals surface area contributed by atoms with Crippen molar-refractivity contribution in [3.8, 4) is 11.3 Å². The Morgan fingerprint density at radius 2 is 1.90 bits per heavy atom. The molecule has 1 atom stereocenters. The Bertz CT molecular complexity index is 1530.